The molecule has 0 unspecified atom stereocenters. The molecule has 51 heavy (non-hydrogen) atoms. The third-order valence-electron chi connectivity index (χ3n) is 9.05. The predicted molar refractivity (Wildman–Crippen MR) is 213 cm³/mol. The van der Waals surface area contributed by atoms with Crippen molar-refractivity contribution >= 4 is 11.4 Å². The van der Waals surface area contributed by atoms with Gasteiger partial charge >= 0.3 is 0 Å². The molecule has 0 aliphatic heterocycles. The molecule has 6 aromatic carbocycles. The Morgan fingerprint density at radius 2 is 0.824 bits per heavy atom. The van der Waals surface area contributed by atoms with Gasteiger partial charge in [0.2, 0.25) is 0 Å². The van der Waals surface area contributed by atoms with E-state index in [4.69, 9.17) is 15.0 Å². The van der Waals surface area contributed by atoms with Gasteiger partial charge in [-0.05, 0) is 106 Å². The van der Waals surface area contributed by atoms with E-state index in [2.05, 4.69) is 170 Å². The van der Waals surface area contributed by atoms with E-state index >= 15 is 0 Å². The lowest BCUT2D eigenvalue weighted by Crippen LogP contribution is -2.02. The Balaban J connectivity index is 1.29. The van der Waals surface area contributed by atoms with Gasteiger partial charge in [0.25, 0.3) is 0 Å². The minimum atomic E-state index is 0.797. The van der Waals surface area contributed by atoms with Crippen LogP contribution in [0.1, 0.15) is 12.6 Å². The number of benzene rings is 6. The Labute approximate surface area is 299 Å². The van der Waals surface area contributed by atoms with Crippen LogP contribution in [0.2, 0.25) is 0 Å². The smallest absolute Gasteiger partial charge is 0.0856 e. The van der Waals surface area contributed by atoms with Crippen LogP contribution in [0.5, 0.6) is 0 Å². The summed E-state index contributed by atoms with van der Waals surface area (Å²) in [5.41, 5.74) is 15.4. The van der Waals surface area contributed by atoms with E-state index in [1.807, 2.05) is 31.3 Å². The first-order chi connectivity index (χ1) is 25.2. The minimum absolute atomic E-state index is 0.797. The largest absolute Gasteiger partial charge is 0.256 e. The fraction of sp³-hybridized carbons (Fsp3) is 0.0208. The van der Waals surface area contributed by atoms with E-state index in [0.29, 0.717) is 0 Å². The van der Waals surface area contributed by atoms with Crippen LogP contribution in [0.15, 0.2) is 199 Å². The minimum Gasteiger partial charge on any atom is -0.256 e. The third-order valence-corrected chi connectivity index (χ3v) is 9.05. The van der Waals surface area contributed by atoms with Crippen molar-refractivity contribution in [2.75, 3.05) is 0 Å². The lowest BCUT2D eigenvalue weighted by atomic mass is 9.94. The molecule has 3 nitrogen and oxygen atoms in total. The molecular weight excluding hydrogens is 619 g/mol. The van der Waals surface area contributed by atoms with Crippen molar-refractivity contribution in [3.05, 3.63) is 200 Å². The second kappa shape index (κ2) is 14.4. The van der Waals surface area contributed by atoms with E-state index in [1.54, 1.807) is 0 Å². The van der Waals surface area contributed by atoms with Crippen molar-refractivity contribution < 1.29 is 0 Å². The average molecular weight is 654 g/mol. The van der Waals surface area contributed by atoms with Gasteiger partial charge < -0.3 is 0 Å². The maximum absolute atomic E-state index is 5.30. The lowest BCUT2D eigenvalue weighted by Gasteiger charge is -2.14. The van der Waals surface area contributed by atoms with Gasteiger partial charge in [0.15, 0.2) is 0 Å². The molecule has 0 aliphatic carbocycles. The Morgan fingerprint density at radius 1 is 0.373 bits per heavy atom. The average Bonchev–Trinajstić information content (AvgIpc) is 3.22. The maximum atomic E-state index is 5.30. The molecule has 0 bridgehead atoms. The molecule has 0 saturated heterocycles. The number of hydrogen-bond donors (Lipinski definition) is 0. The highest BCUT2D eigenvalue weighted by Gasteiger charge is 2.14. The molecule has 0 fully saturated rings. The Morgan fingerprint density at radius 3 is 1.39 bits per heavy atom. The molecule has 0 amide bonds. The van der Waals surface area contributed by atoms with Crippen LogP contribution in [0.4, 0.5) is 5.69 Å². The number of aliphatic imine (C=N–C) groups is 1. The predicted octanol–water partition coefficient (Wildman–Crippen LogP) is 12.6. The van der Waals surface area contributed by atoms with Gasteiger partial charge in [-0.15, -0.1) is 0 Å². The Bertz CT molecular complexity index is 2400. The summed E-state index contributed by atoms with van der Waals surface area (Å²) in [7, 11) is 0. The lowest BCUT2D eigenvalue weighted by molar-refractivity contribution is 1.26. The highest BCUT2D eigenvalue weighted by Crippen LogP contribution is 2.35. The summed E-state index contributed by atoms with van der Waals surface area (Å²) in [5, 5.41) is 0. The first-order valence-corrected chi connectivity index (χ1v) is 17.2. The van der Waals surface area contributed by atoms with E-state index in [9.17, 15) is 0 Å². The highest BCUT2D eigenvalue weighted by atomic mass is 14.8. The normalized spacial score (nSPS) is 11.4. The van der Waals surface area contributed by atoms with Crippen LogP contribution in [0.25, 0.3) is 67.0 Å². The molecule has 8 aromatic rings. The second-order valence-electron chi connectivity index (χ2n) is 12.6. The monoisotopic (exact) mass is 653 g/mol. The van der Waals surface area contributed by atoms with Crippen LogP contribution in [0, 0.1) is 0 Å². The number of hydrogen-bond acceptors (Lipinski definition) is 3. The van der Waals surface area contributed by atoms with Crippen molar-refractivity contribution in [2.24, 2.45) is 4.99 Å². The topological polar surface area (TPSA) is 38.1 Å². The number of pyridine rings is 2. The SMILES string of the molecule is C/C(=N\c1cccc(-c2ccccc2)c1)c1cc(-c2cc(-c3ccccc3)ccn2)cc(-c2cc(-c3ccccc3)cc(-c3ccccc3)c2)n1. The molecule has 0 spiro atoms. The summed E-state index contributed by atoms with van der Waals surface area (Å²) in [5.74, 6) is 0. The molecule has 2 aromatic heterocycles. The standard InChI is InChI=1S/C48H35N3/c1-34(50-45-24-14-23-39(30-45)35-15-6-2-7-16-35)46-32-44(47-31-40(25-26-49-47)36-17-8-3-9-18-36)33-48(51-46)43-28-41(37-19-10-4-11-20-37)27-42(29-43)38-21-12-5-13-22-38/h2-33H,1H3/b50-34+. The zero-order valence-corrected chi connectivity index (χ0v) is 28.3. The van der Waals surface area contributed by atoms with Crippen LogP contribution < -0.4 is 0 Å². The third kappa shape index (κ3) is 7.19. The molecular formula is C48H35N3. The summed E-state index contributed by atoms with van der Waals surface area (Å²) >= 11 is 0. The van der Waals surface area contributed by atoms with Crippen LogP contribution >= 0.6 is 0 Å². The van der Waals surface area contributed by atoms with Crippen molar-refractivity contribution in [1.29, 1.82) is 0 Å². The zero-order valence-electron chi connectivity index (χ0n) is 28.3. The molecule has 0 saturated carbocycles. The molecule has 0 radical (unpaired) electrons. The van der Waals surface area contributed by atoms with E-state index in [0.717, 1.165) is 84.1 Å². The molecule has 2 heterocycles. The second-order valence-corrected chi connectivity index (χ2v) is 12.6. The van der Waals surface area contributed by atoms with E-state index < -0.39 is 0 Å². The van der Waals surface area contributed by atoms with Crippen LogP contribution in [-0.4, -0.2) is 15.7 Å². The molecule has 242 valence electrons. The molecule has 3 heteroatoms. The molecule has 8 rings (SSSR count). The van der Waals surface area contributed by atoms with Gasteiger partial charge in [-0.3, -0.25) is 9.98 Å². The summed E-state index contributed by atoms with van der Waals surface area (Å²) in [6, 6.07) is 65.4. The number of rotatable bonds is 8. The van der Waals surface area contributed by atoms with Crippen molar-refractivity contribution in [1.82, 2.24) is 9.97 Å². The van der Waals surface area contributed by atoms with E-state index in [-0.39, 0.29) is 0 Å². The van der Waals surface area contributed by atoms with E-state index in [1.165, 1.54) is 0 Å². The van der Waals surface area contributed by atoms with Gasteiger partial charge in [-0.1, -0.05) is 133 Å². The van der Waals surface area contributed by atoms with Crippen LogP contribution in [0.3, 0.4) is 0 Å². The summed E-state index contributed by atoms with van der Waals surface area (Å²) < 4.78 is 0. The van der Waals surface area contributed by atoms with Gasteiger partial charge in [0.1, 0.15) is 0 Å². The quantitative estimate of drug-likeness (QED) is 0.153. The summed E-state index contributed by atoms with van der Waals surface area (Å²) in [6.07, 6.45) is 1.89. The van der Waals surface area contributed by atoms with Gasteiger partial charge in [0.05, 0.1) is 28.5 Å². The fourth-order valence-corrected chi connectivity index (χ4v) is 6.42. The zero-order chi connectivity index (χ0) is 34.4. The molecule has 0 aliphatic rings. The van der Waals surface area contributed by atoms with Crippen molar-refractivity contribution in [3.8, 4) is 67.0 Å². The Hall–Kier alpha value is -6.71. The summed E-state index contributed by atoms with van der Waals surface area (Å²) in [6.45, 7) is 2.04. The Kier molecular flexibility index (Phi) is 8.92. The fourth-order valence-electron chi connectivity index (χ4n) is 6.42. The van der Waals surface area contributed by atoms with Gasteiger partial charge in [0, 0.05) is 17.3 Å². The highest BCUT2D eigenvalue weighted by molar-refractivity contribution is 6.00. The first kappa shape index (κ1) is 31.6. The number of nitrogens with zero attached hydrogens (tertiary/aromatic N) is 3. The maximum Gasteiger partial charge on any atom is 0.0856 e. The van der Waals surface area contributed by atoms with Gasteiger partial charge in [-0.25, -0.2) is 4.98 Å². The van der Waals surface area contributed by atoms with Crippen molar-refractivity contribution in [2.45, 2.75) is 6.92 Å². The van der Waals surface area contributed by atoms with Crippen LogP contribution in [-0.2, 0) is 0 Å². The summed E-state index contributed by atoms with van der Waals surface area (Å²) in [4.78, 5) is 15.3. The molecule has 0 N–H and O–H groups in total. The molecule has 0 atom stereocenters. The van der Waals surface area contributed by atoms with Gasteiger partial charge in [-0.2, -0.15) is 0 Å². The van der Waals surface area contributed by atoms with Crippen molar-refractivity contribution in [3.63, 3.8) is 0 Å². The number of aromatic nitrogens is 2. The first-order valence-electron chi connectivity index (χ1n) is 17.2.